The van der Waals surface area contributed by atoms with Gasteiger partial charge in [-0.2, -0.15) is 0 Å². The van der Waals surface area contributed by atoms with Crippen LogP contribution in [0, 0.1) is 0 Å². The number of aliphatic imine (C=N–C) groups is 1. The second kappa shape index (κ2) is 14.8. The van der Waals surface area contributed by atoms with Crippen molar-refractivity contribution in [2.24, 2.45) is 4.99 Å². The van der Waals surface area contributed by atoms with E-state index in [0.717, 1.165) is 31.8 Å². The Bertz CT molecular complexity index is 468. The van der Waals surface area contributed by atoms with Gasteiger partial charge in [0.25, 0.3) is 0 Å². The van der Waals surface area contributed by atoms with Crippen molar-refractivity contribution in [1.29, 1.82) is 0 Å². The summed E-state index contributed by atoms with van der Waals surface area (Å²) in [6.45, 7) is 10.8. The van der Waals surface area contributed by atoms with Crippen LogP contribution in [0.1, 0.15) is 53.4 Å². The number of piperidine rings is 1. The summed E-state index contributed by atoms with van der Waals surface area (Å²) < 4.78 is 5.04. The van der Waals surface area contributed by atoms with Crippen molar-refractivity contribution in [1.82, 2.24) is 20.9 Å². The number of hydrogen-bond donors (Lipinski definition) is 3. The van der Waals surface area contributed by atoms with Crippen LogP contribution in [0.25, 0.3) is 0 Å². The lowest BCUT2D eigenvalue weighted by atomic mass is 10.1. The number of carbonyl (C=O) groups is 2. The van der Waals surface area contributed by atoms with Crippen LogP contribution in [0.15, 0.2) is 4.99 Å². The van der Waals surface area contributed by atoms with Crippen molar-refractivity contribution in [2.45, 2.75) is 65.5 Å². The van der Waals surface area contributed by atoms with Crippen molar-refractivity contribution in [3.63, 3.8) is 0 Å². The standard InChI is InChI=1S/C18H35N5O3.HI/c1-5-14(4)21-16(24)8-11-20-17(19-6-2)22-15-9-12-23(13-10-15)18(25)26-7-3;/h14-15H,5-13H2,1-4H3,(H,21,24)(H2,19,20,22);1H. The van der Waals surface area contributed by atoms with Crippen LogP contribution >= 0.6 is 24.0 Å². The number of halogens is 1. The van der Waals surface area contributed by atoms with E-state index in [-0.39, 0.29) is 48.1 Å². The molecule has 1 aliphatic heterocycles. The molecule has 1 saturated heterocycles. The second-order valence-electron chi connectivity index (χ2n) is 6.49. The summed E-state index contributed by atoms with van der Waals surface area (Å²) in [5, 5.41) is 9.56. The Hall–Kier alpha value is -1.26. The summed E-state index contributed by atoms with van der Waals surface area (Å²) >= 11 is 0. The van der Waals surface area contributed by atoms with Crippen molar-refractivity contribution in [3.05, 3.63) is 0 Å². The Balaban J connectivity index is 0.00000676. The van der Waals surface area contributed by atoms with Crippen LogP contribution in [0.3, 0.4) is 0 Å². The number of nitrogens with zero attached hydrogens (tertiary/aromatic N) is 2. The smallest absolute Gasteiger partial charge is 0.409 e. The molecule has 27 heavy (non-hydrogen) atoms. The molecule has 1 unspecified atom stereocenters. The van der Waals surface area contributed by atoms with Crippen LogP contribution < -0.4 is 16.0 Å². The Kier molecular flexibility index (Phi) is 14.1. The third-order valence-corrected chi connectivity index (χ3v) is 4.33. The number of carbonyl (C=O) groups excluding carboxylic acids is 2. The molecule has 0 bridgehead atoms. The fraction of sp³-hybridized carbons (Fsp3) is 0.833. The van der Waals surface area contributed by atoms with Gasteiger partial charge >= 0.3 is 6.09 Å². The maximum Gasteiger partial charge on any atom is 0.409 e. The molecule has 1 atom stereocenters. The molecule has 1 heterocycles. The van der Waals surface area contributed by atoms with Crippen molar-refractivity contribution in [3.8, 4) is 0 Å². The summed E-state index contributed by atoms with van der Waals surface area (Å²) in [5.41, 5.74) is 0. The lowest BCUT2D eigenvalue weighted by Gasteiger charge is -2.32. The van der Waals surface area contributed by atoms with E-state index in [0.29, 0.717) is 32.7 Å². The van der Waals surface area contributed by atoms with Gasteiger partial charge < -0.3 is 25.6 Å². The van der Waals surface area contributed by atoms with E-state index in [2.05, 4.69) is 20.9 Å². The molecule has 9 heteroatoms. The summed E-state index contributed by atoms with van der Waals surface area (Å²) in [4.78, 5) is 29.8. The molecule has 0 radical (unpaired) electrons. The highest BCUT2D eigenvalue weighted by Gasteiger charge is 2.24. The van der Waals surface area contributed by atoms with Crippen LogP contribution in [0.5, 0.6) is 0 Å². The van der Waals surface area contributed by atoms with Gasteiger partial charge in [0.2, 0.25) is 5.91 Å². The third kappa shape index (κ3) is 10.6. The Labute approximate surface area is 180 Å². The maximum absolute atomic E-state index is 11.8. The molecular weight excluding hydrogens is 461 g/mol. The first-order chi connectivity index (χ1) is 12.5. The van der Waals surface area contributed by atoms with E-state index in [1.807, 2.05) is 27.7 Å². The minimum atomic E-state index is -0.237. The van der Waals surface area contributed by atoms with Gasteiger partial charge in [-0.15, -0.1) is 24.0 Å². The number of hydrogen-bond acceptors (Lipinski definition) is 4. The molecule has 0 aliphatic carbocycles. The van der Waals surface area contributed by atoms with Crippen molar-refractivity contribution >= 4 is 41.9 Å². The van der Waals surface area contributed by atoms with Gasteiger partial charge in [0.05, 0.1) is 13.2 Å². The van der Waals surface area contributed by atoms with Gasteiger partial charge in [0.1, 0.15) is 0 Å². The first-order valence-corrected chi connectivity index (χ1v) is 9.75. The van der Waals surface area contributed by atoms with Gasteiger partial charge in [0, 0.05) is 38.1 Å². The predicted molar refractivity (Wildman–Crippen MR) is 119 cm³/mol. The summed E-state index contributed by atoms with van der Waals surface area (Å²) in [7, 11) is 0. The molecule has 0 aromatic rings. The average Bonchev–Trinajstić information content (AvgIpc) is 2.62. The number of likely N-dealkylation sites (tertiary alicyclic amines) is 1. The summed E-state index contributed by atoms with van der Waals surface area (Å²) in [6.07, 6.45) is 2.75. The molecule has 0 aromatic carbocycles. The summed E-state index contributed by atoms with van der Waals surface area (Å²) in [6, 6.07) is 0.454. The fourth-order valence-electron chi connectivity index (χ4n) is 2.65. The third-order valence-electron chi connectivity index (χ3n) is 4.33. The van der Waals surface area contributed by atoms with E-state index in [4.69, 9.17) is 4.74 Å². The lowest BCUT2D eigenvalue weighted by molar-refractivity contribution is -0.121. The zero-order chi connectivity index (χ0) is 19.4. The van der Waals surface area contributed by atoms with Gasteiger partial charge in [-0.1, -0.05) is 6.92 Å². The van der Waals surface area contributed by atoms with Crippen LogP contribution in [-0.4, -0.2) is 67.7 Å². The van der Waals surface area contributed by atoms with Gasteiger partial charge in [-0.05, 0) is 40.0 Å². The molecule has 8 nitrogen and oxygen atoms in total. The highest BCUT2D eigenvalue weighted by molar-refractivity contribution is 14.0. The molecule has 0 saturated carbocycles. The monoisotopic (exact) mass is 497 g/mol. The summed E-state index contributed by atoms with van der Waals surface area (Å²) in [5.74, 6) is 0.750. The van der Waals surface area contributed by atoms with Crippen LogP contribution in [-0.2, 0) is 9.53 Å². The molecule has 0 spiro atoms. The Morgan fingerprint density at radius 1 is 1.22 bits per heavy atom. The zero-order valence-electron chi connectivity index (χ0n) is 17.0. The van der Waals surface area contributed by atoms with E-state index >= 15 is 0 Å². The van der Waals surface area contributed by atoms with E-state index < -0.39 is 0 Å². The van der Waals surface area contributed by atoms with Crippen LogP contribution in [0.4, 0.5) is 4.79 Å². The highest BCUT2D eigenvalue weighted by Crippen LogP contribution is 2.11. The number of nitrogens with one attached hydrogen (secondary N) is 3. The first-order valence-electron chi connectivity index (χ1n) is 9.75. The van der Waals surface area contributed by atoms with Crippen molar-refractivity contribution < 1.29 is 14.3 Å². The molecule has 3 N–H and O–H groups in total. The Morgan fingerprint density at radius 2 is 1.89 bits per heavy atom. The van der Waals surface area contributed by atoms with E-state index in [9.17, 15) is 9.59 Å². The predicted octanol–water partition coefficient (Wildman–Crippen LogP) is 2.09. The van der Waals surface area contributed by atoms with Gasteiger partial charge in [-0.3, -0.25) is 9.79 Å². The normalized spacial score (nSPS) is 16.1. The topological polar surface area (TPSA) is 95.1 Å². The first kappa shape index (κ1) is 25.7. The highest BCUT2D eigenvalue weighted by atomic mass is 127. The van der Waals surface area contributed by atoms with Crippen LogP contribution in [0.2, 0.25) is 0 Å². The van der Waals surface area contributed by atoms with E-state index in [1.165, 1.54) is 0 Å². The lowest BCUT2D eigenvalue weighted by Crippen LogP contribution is -2.50. The number of ether oxygens (including phenoxy) is 1. The quantitative estimate of drug-likeness (QED) is 0.271. The average molecular weight is 497 g/mol. The van der Waals surface area contributed by atoms with Crippen molar-refractivity contribution in [2.75, 3.05) is 32.8 Å². The number of amides is 2. The fourth-order valence-corrected chi connectivity index (χ4v) is 2.65. The minimum Gasteiger partial charge on any atom is -0.450 e. The molecular formula is C18H36IN5O3. The maximum atomic E-state index is 11.8. The zero-order valence-corrected chi connectivity index (χ0v) is 19.4. The molecule has 2 amide bonds. The second-order valence-corrected chi connectivity index (χ2v) is 6.49. The Morgan fingerprint density at radius 3 is 2.44 bits per heavy atom. The molecule has 0 aromatic heterocycles. The molecule has 1 rings (SSSR count). The van der Waals surface area contributed by atoms with Gasteiger partial charge in [0.15, 0.2) is 5.96 Å². The van der Waals surface area contributed by atoms with Gasteiger partial charge in [-0.25, -0.2) is 4.79 Å². The molecule has 1 fully saturated rings. The van der Waals surface area contributed by atoms with E-state index in [1.54, 1.807) is 4.90 Å². The number of rotatable bonds is 8. The minimum absolute atomic E-state index is 0. The SMILES string of the molecule is CCNC(=NCCC(=O)NC(C)CC)NC1CCN(C(=O)OCC)CC1.I. The molecule has 1 aliphatic rings. The largest absolute Gasteiger partial charge is 0.450 e. The number of guanidine groups is 1. The molecule has 158 valence electrons.